The van der Waals surface area contributed by atoms with Gasteiger partial charge in [0.1, 0.15) is 17.3 Å². The number of imidazole rings is 1. The minimum atomic E-state index is -0.196. The average Bonchev–Trinajstić information content (AvgIpc) is 3.16. The lowest BCUT2D eigenvalue weighted by atomic mass is 10.1. The fourth-order valence-corrected chi connectivity index (χ4v) is 2.91. The van der Waals surface area contributed by atoms with Gasteiger partial charge in [-0.15, -0.1) is 0 Å². The van der Waals surface area contributed by atoms with Gasteiger partial charge in [-0.05, 0) is 60.5 Å². The van der Waals surface area contributed by atoms with Gasteiger partial charge in [0.2, 0.25) is 0 Å². The van der Waals surface area contributed by atoms with Crippen LogP contribution in [0.4, 0.5) is 4.39 Å². The lowest BCUT2D eigenvalue weighted by Crippen LogP contribution is -2.16. The number of rotatable bonds is 7. The van der Waals surface area contributed by atoms with Gasteiger partial charge < -0.3 is 15.0 Å². The zero-order valence-electron chi connectivity index (χ0n) is 14.8. The number of nitrogens with one attached hydrogen (secondary N) is 2. The van der Waals surface area contributed by atoms with Crippen molar-refractivity contribution in [3.8, 4) is 11.5 Å². The van der Waals surface area contributed by atoms with Crippen molar-refractivity contribution in [2.75, 3.05) is 6.54 Å². The van der Waals surface area contributed by atoms with E-state index in [0.717, 1.165) is 47.6 Å². The number of ether oxygens (including phenoxy) is 1. The molecule has 27 heavy (non-hydrogen) atoms. The van der Waals surface area contributed by atoms with Gasteiger partial charge in [-0.3, -0.25) is 0 Å². The number of fused-ring (bicyclic) bond motifs is 1. The molecule has 0 saturated heterocycles. The van der Waals surface area contributed by atoms with Crippen LogP contribution in [-0.4, -0.2) is 16.5 Å². The van der Waals surface area contributed by atoms with Crippen LogP contribution in [0.15, 0.2) is 73.1 Å². The Morgan fingerprint density at radius 3 is 2.44 bits per heavy atom. The van der Waals surface area contributed by atoms with Crippen LogP contribution in [0.2, 0.25) is 0 Å². The topological polar surface area (TPSA) is 49.9 Å². The van der Waals surface area contributed by atoms with Crippen molar-refractivity contribution in [2.24, 2.45) is 0 Å². The van der Waals surface area contributed by atoms with E-state index < -0.39 is 0 Å². The lowest BCUT2D eigenvalue weighted by molar-refractivity contribution is 0.483. The van der Waals surface area contributed by atoms with E-state index in [4.69, 9.17) is 4.74 Å². The Morgan fingerprint density at radius 2 is 1.63 bits per heavy atom. The monoisotopic (exact) mass is 361 g/mol. The molecule has 1 aromatic heterocycles. The van der Waals surface area contributed by atoms with E-state index in [-0.39, 0.29) is 5.82 Å². The lowest BCUT2D eigenvalue weighted by Gasteiger charge is -2.08. The van der Waals surface area contributed by atoms with E-state index in [0.29, 0.717) is 0 Å². The van der Waals surface area contributed by atoms with Crippen LogP contribution in [0.25, 0.3) is 11.0 Å². The summed E-state index contributed by atoms with van der Waals surface area (Å²) in [6.45, 7) is 1.62. The highest BCUT2D eigenvalue weighted by molar-refractivity contribution is 5.76. The van der Waals surface area contributed by atoms with Crippen molar-refractivity contribution in [2.45, 2.75) is 13.0 Å². The zero-order chi connectivity index (χ0) is 18.5. The predicted molar refractivity (Wildman–Crippen MR) is 104 cm³/mol. The van der Waals surface area contributed by atoms with Crippen LogP contribution < -0.4 is 10.1 Å². The summed E-state index contributed by atoms with van der Waals surface area (Å²) in [5, 5.41) is 3.41. The number of hydrogen-bond acceptors (Lipinski definition) is 3. The van der Waals surface area contributed by atoms with E-state index in [9.17, 15) is 4.39 Å². The molecule has 4 aromatic rings. The van der Waals surface area contributed by atoms with Crippen molar-refractivity contribution >= 4 is 11.0 Å². The second kappa shape index (κ2) is 8.01. The van der Waals surface area contributed by atoms with Crippen molar-refractivity contribution in [1.82, 2.24) is 15.3 Å². The maximum atomic E-state index is 12.9. The first-order valence-electron chi connectivity index (χ1n) is 8.91. The quantitative estimate of drug-likeness (QED) is 0.464. The summed E-state index contributed by atoms with van der Waals surface area (Å²) >= 11 is 0. The van der Waals surface area contributed by atoms with Crippen LogP contribution >= 0.6 is 0 Å². The van der Waals surface area contributed by atoms with Gasteiger partial charge in [0.25, 0.3) is 0 Å². The predicted octanol–water partition coefficient (Wildman–Crippen LogP) is 4.83. The minimum Gasteiger partial charge on any atom is -0.457 e. The first kappa shape index (κ1) is 17.2. The molecule has 0 spiro atoms. The first-order valence-corrected chi connectivity index (χ1v) is 8.91. The molecule has 4 nitrogen and oxygen atoms in total. The highest BCUT2D eigenvalue weighted by Crippen LogP contribution is 2.24. The Labute approximate surface area is 157 Å². The molecular formula is C22H20FN3O. The standard InChI is InChI=1S/C22H20FN3O/c23-18-5-1-16(2-6-18)11-12-24-14-17-3-7-19(8-4-17)27-20-9-10-21-22(13-20)26-15-25-21/h1-10,13,15,24H,11-12,14H2,(H,25,26). The summed E-state index contributed by atoms with van der Waals surface area (Å²) in [5.74, 6) is 1.37. The van der Waals surface area contributed by atoms with Crippen LogP contribution in [0.3, 0.4) is 0 Å². The number of aromatic amines is 1. The van der Waals surface area contributed by atoms with Crippen molar-refractivity contribution < 1.29 is 9.13 Å². The highest BCUT2D eigenvalue weighted by Gasteiger charge is 2.02. The maximum absolute atomic E-state index is 12.9. The number of hydrogen-bond donors (Lipinski definition) is 2. The van der Waals surface area contributed by atoms with Crippen LogP contribution in [-0.2, 0) is 13.0 Å². The molecule has 0 bridgehead atoms. The summed E-state index contributed by atoms with van der Waals surface area (Å²) < 4.78 is 18.8. The molecule has 0 fully saturated rings. The molecule has 136 valence electrons. The number of halogens is 1. The normalized spacial score (nSPS) is 11.0. The van der Waals surface area contributed by atoms with Gasteiger partial charge >= 0.3 is 0 Å². The van der Waals surface area contributed by atoms with Crippen molar-refractivity contribution in [1.29, 1.82) is 0 Å². The minimum absolute atomic E-state index is 0.196. The molecule has 0 saturated carbocycles. The highest BCUT2D eigenvalue weighted by atomic mass is 19.1. The average molecular weight is 361 g/mol. The molecule has 0 aliphatic rings. The fraction of sp³-hybridized carbons (Fsp3) is 0.136. The van der Waals surface area contributed by atoms with E-state index >= 15 is 0 Å². The summed E-state index contributed by atoms with van der Waals surface area (Å²) in [6.07, 6.45) is 2.55. The van der Waals surface area contributed by atoms with Gasteiger partial charge in [-0.1, -0.05) is 24.3 Å². The summed E-state index contributed by atoms with van der Waals surface area (Å²) in [5.41, 5.74) is 4.19. The first-order chi connectivity index (χ1) is 13.3. The summed E-state index contributed by atoms with van der Waals surface area (Å²) in [7, 11) is 0. The molecule has 0 aliphatic carbocycles. The molecule has 3 aromatic carbocycles. The van der Waals surface area contributed by atoms with Gasteiger partial charge in [0.15, 0.2) is 0 Å². The van der Waals surface area contributed by atoms with Gasteiger partial charge in [-0.25, -0.2) is 9.37 Å². The molecule has 5 heteroatoms. The molecule has 0 aliphatic heterocycles. The number of benzene rings is 3. The van der Waals surface area contributed by atoms with Crippen LogP contribution in [0.1, 0.15) is 11.1 Å². The number of aromatic nitrogens is 2. The van der Waals surface area contributed by atoms with E-state index in [1.54, 1.807) is 6.33 Å². The van der Waals surface area contributed by atoms with E-state index in [1.807, 2.05) is 42.5 Å². The zero-order valence-corrected chi connectivity index (χ0v) is 14.8. The molecular weight excluding hydrogens is 341 g/mol. The van der Waals surface area contributed by atoms with Crippen molar-refractivity contribution in [3.05, 3.63) is 90.0 Å². The van der Waals surface area contributed by atoms with Gasteiger partial charge in [-0.2, -0.15) is 0 Å². The Hall–Kier alpha value is -3.18. The molecule has 0 radical (unpaired) electrons. The van der Waals surface area contributed by atoms with Gasteiger partial charge in [0.05, 0.1) is 17.4 Å². The SMILES string of the molecule is Fc1ccc(CCNCc2ccc(Oc3ccc4nc[nH]c4c3)cc2)cc1. The van der Waals surface area contributed by atoms with E-state index in [2.05, 4.69) is 27.4 Å². The summed E-state index contributed by atoms with van der Waals surface area (Å²) in [6, 6.07) is 20.5. The third-order valence-electron chi connectivity index (χ3n) is 4.38. The molecule has 1 heterocycles. The number of H-pyrrole nitrogens is 1. The van der Waals surface area contributed by atoms with Gasteiger partial charge in [0, 0.05) is 12.6 Å². The number of nitrogens with zero attached hydrogens (tertiary/aromatic N) is 1. The largest absolute Gasteiger partial charge is 0.457 e. The maximum Gasteiger partial charge on any atom is 0.129 e. The second-order valence-corrected chi connectivity index (χ2v) is 6.38. The van der Waals surface area contributed by atoms with Crippen LogP contribution in [0, 0.1) is 5.82 Å². The van der Waals surface area contributed by atoms with Crippen LogP contribution in [0.5, 0.6) is 11.5 Å². The summed E-state index contributed by atoms with van der Waals surface area (Å²) in [4.78, 5) is 7.28. The Bertz CT molecular complexity index is 1010. The molecule has 2 N–H and O–H groups in total. The Morgan fingerprint density at radius 1 is 0.889 bits per heavy atom. The molecule has 4 rings (SSSR count). The second-order valence-electron chi connectivity index (χ2n) is 6.38. The van der Waals surface area contributed by atoms with Crippen molar-refractivity contribution in [3.63, 3.8) is 0 Å². The Kier molecular flexibility index (Phi) is 5.12. The third-order valence-corrected chi connectivity index (χ3v) is 4.38. The van der Waals surface area contributed by atoms with E-state index in [1.165, 1.54) is 17.7 Å². The Balaban J connectivity index is 1.27. The molecule has 0 amide bonds. The molecule has 0 unspecified atom stereocenters. The molecule has 0 atom stereocenters. The third kappa shape index (κ3) is 4.51. The fourth-order valence-electron chi connectivity index (χ4n) is 2.91. The smallest absolute Gasteiger partial charge is 0.129 e.